The minimum Gasteiger partial charge on any atom is -0.344 e. The van der Waals surface area contributed by atoms with E-state index < -0.39 is 0 Å². The van der Waals surface area contributed by atoms with Crippen LogP contribution in [0.2, 0.25) is 0 Å². The second kappa shape index (κ2) is 6.53. The molecule has 0 radical (unpaired) electrons. The van der Waals surface area contributed by atoms with E-state index in [1.54, 1.807) is 23.5 Å². The highest BCUT2D eigenvalue weighted by molar-refractivity contribution is 7.18. The zero-order chi connectivity index (χ0) is 15.6. The molecule has 2 aromatic rings. The van der Waals surface area contributed by atoms with E-state index in [1.165, 1.54) is 37.8 Å². The van der Waals surface area contributed by atoms with Crippen LogP contribution in [0.3, 0.4) is 0 Å². The van der Waals surface area contributed by atoms with Gasteiger partial charge >= 0.3 is 0 Å². The van der Waals surface area contributed by atoms with Crippen LogP contribution in [0, 0.1) is 5.82 Å². The molecule has 0 spiro atoms. The van der Waals surface area contributed by atoms with Crippen molar-refractivity contribution in [3.8, 4) is 10.6 Å². The second-order valence-corrected chi connectivity index (χ2v) is 7.31. The summed E-state index contributed by atoms with van der Waals surface area (Å²) in [6, 6.07) is 7.27. The van der Waals surface area contributed by atoms with Gasteiger partial charge in [0.15, 0.2) is 0 Å². The Morgan fingerprint density at radius 2 is 1.65 bits per heavy atom. The third-order valence-corrected chi connectivity index (χ3v) is 5.96. The van der Waals surface area contributed by atoms with Crippen molar-refractivity contribution in [2.45, 2.75) is 31.7 Å². The number of aromatic nitrogens is 2. The van der Waals surface area contributed by atoms with Gasteiger partial charge in [-0.15, -0.1) is 10.2 Å². The fourth-order valence-electron chi connectivity index (χ4n) is 3.60. The first-order valence-electron chi connectivity index (χ1n) is 8.38. The standard InChI is InChI=1S/C17H21FN4S/c18-14-7-5-13(6-8-14)16-19-20-17(23-16)22-11-9-21(10-12-22)15-3-1-2-4-15/h5-8,15H,1-4,9-12H2. The Morgan fingerprint density at radius 3 is 2.35 bits per heavy atom. The van der Waals surface area contributed by atoms with Crippen molar-refractivity contribution in [2.24, 2.45) is 0 Å². The van der Waals surface area contributed by atoms with Crippen molar-refractivity contribution >= 4 is 16.5 Å². The highest BCUT2D eigenvalue weighted by Gasteiger charge is 2.27. The van der Waals surface area contributed by atoms with E-state index in [0.29, 0.717) is 0 Å². The molecule has 1 aromatic carbocycles. The molecule has 4 nitrogen and oxygen atoms in total. The summed E-state index contributed by atoms with van der Waals surface area (Å²) in [6.45, 7) is 4.29. The number of hydrogen-bond acceptors (Lipinski definition) is 5. The van der Waals surface area contributed by atoms with E-state index in [2.05, 4.69) is 20.0 Å². The zero-order valence-corrected chi connectivity index (χ0v) is 13.9. The van der Waals surface area contributed by atoms with Crippen molar-refractivity contribution in [2.75, 3.05) is 31.1 Å². The van der Waals surface area contributed by atoms with Crippen molar-refractivity contribution in [3.63, 3.8) is 0 Å². The van der Waals surface area contributed by atoms with Crippen LogP contribution in [0.25, 0.3) is 10.6 Å². The number of anilines is 1. The molecule has 0 unspecified atom stereocenters. The topological polar surface area (TPSA) is 32.3 Å². The molecule has 0 bridgehead atoms. The molecule has 2 heterocycles. The highest BCUT2D eigenvalue weighted by Crippen LogP contribution is 2.30. The summed E-state index contributed by atoms with van der Waals surface area (Å²) < 4.78 is 13.0. The van der Waals surface area contributed by atoms with E-state index in [-0.39, 0.29) is 5.82 Å². The average molecular weight is 332 g/mol. The third-order valence-electron chi connectivity index (χ3n) is 4.93. The third kappa shape index (κ3) is 3.23. The maximum absolute atomic E-state index is 13.0. The fraction of sp³-hybridized carbons (Fsp3) is 0.529. The largest absolute Gasteiger partial charge is 0.344 e. The molecule has 1 saturated heterocycles. The Kier molecular flexibility index (Phi) is 4.27. The molecule has 1 saturated carbocycles. The van der Waals surface area contributed by atoms with Crippen LogP contribution in [-0.4, -0.2) is 47.3 Å². The zero-order valence-electron chi connectivity index (χ0n) is 13.1. The van der Waals surface area contributed by atoms with Crippen LogP contribution in [0.15, 0.2) is 24.3 Å². The van der Waals surface area contributed by atoms with Crippen LogP contribution in [-0.2, 0) is 0 Å². The van der Waals surface area contributed by atoms with Crippen LogP contribution < -0.4 is 4.90 Å². The first kappa shape index (κ1) is 15.0. The van der Waals surface area contributed by atoms with Crippen molar-refractivity contribution < 1.29 is 4.39 Å². The van der Waals surface area contributed by atoms with Gasteiger partial charge in [-0.25, -0.2) is 4.39 Å². The fourth-order valence-corrected chi connectivity index (χ4v) is 4.50. The molecule has 2 aliphatic rings. The molecule has 0 atom stereocenters. The summed E-state index contributed by atoms with van der Waals surface area (Å²) in [7, 11) is 0. The Labute approximate surface area is 139 Å². The Bertz CT molecular complexity index is 643. The number of rotatable bonds is 3. The van der Waals surface area contributed by atoms with Gasteiger partial charge in [-0.05, 0) is 37.1 Å². The van der Waals surface area contributed by atoms with E-state index in [9.17, 15) is 4.39 Å². The number of halogens is 1. The minimum absolute atomic E-state index is 0.221. The molecule has 4 rings (SSSR count). The lowest BCUT2D eigenvalue weighted by molar-refractivity contribution is 0.187. The lowest BCUT2D eigenvalue weighted by Crippen LogP contribution is -2.49. The Morgan fingerprint density at radius 1 is 0.957 bits per heavy atom. The summed E-state index contributed by atoms with van der Waals surface area (Å²) in [5.41, 5.74) is 0.930. The summed E-state index contributed by atoms with van der Waals surface area (Å²) in [5.74, 6) is -0.221. The van der Waals surface area contributed by atoms with Crippen LogP contribution in [0.4, 0.5) is 9.52 Å². The molecule has 23 heavy (non-hydrogen) atoms. The van der Waals surface area contributed by atoms with Crippen LogP contribution >= 0.6 is 11.3 Å². The normalized spacial score (nSPS) is 20.3. The summed E-state index contributed by atoms with van der Waals surface area (Å²) >= 11 is 1.59. The van der Waals surface area contributed by atoms with Gasteiger partial charge in [0.25, 0.3) is 0 Å². The maximum Gasteiger partial charge on any atom is 0.208 e. The van der Waals surface area contributed by atoms with Gasteiger partial charge in [-0.3, -0.25) is 4.90 Å². The Balaban J connectivity index is 1.40. The average Bonchev–Trinajstić information content (AvgIpc) is 3.28. The first-order valence-corrected chi connectivity index (χ1v) is 9.20. The van der Waals surface area contributed by atoms with Crippen molar-refractivity contribution in [1.82, 2.24) is 15.1 Å². The first-order chi connectivity index (χ1) is 11.3. The number of hydrogen-bond donors (Lipinski definition) is 0. The van der Waals surface area contributed by atoms with Crippen molar-refractivity contribution in [3.05, 3.63) is 30.1 Å². The number of piperazine rings is 1. The molecular formula is C17H21FN4S. The number of nitrogens with zero attached hydrogens (tertiary/aromatic N) is 4. The lowest BCUT2D eigenvalue weighted by Gasteiger charge is -2.37. The monoisotopic (exact) mass is 332 g/mol. The van der Waals surface area contributed by atoms with E-state index in [1.807, 2.05) is 0 Å². The SMILES string of the molecule is Fc1ccc(-c2nnc(N3CCN(C4CCCC4)CC3)s2)cc1. The quantitative estimate of drug-likeness (QED) is 0.862. The van der Waals surface area contributed by atoms with E-state index in [0.717, 1.165) is 47.9 Å². The van der Waals surface area contributed by atoms with Gasteiger partial charge in [0.05, 0.1) is 0 Å². The molecular weight excluding hydrogens is 311 g/mol. The minimum atomic E-state index is -0.221. The second-order valence-electron chi connectivity index (χ2n) is 6.36. The molecule has 0 amide bonds. The number of benzene rings is 1. The van der Waals surface area contributed by atoms with E-state index in [4.69, 9.17) is 0 Å². The van der Waals surface area contributed by atoms with Gasteiger partial charge < -0.3 is 4.90 Å². The molecule has 1 aromatic heterocycles. The van der Waals surface area contributed by atoms with Gasteiger partial charge in [0.2, 0.25) is 5.13 Å². The predicted octanol–water partition coefficient (Wildman–Crippen LogP) is 3.41. The summed E-state index contributed by atoms with van der Waals surface area (Å²) in [6.07, 6.45) is 5.52. The smallest absolute Gasteiger partial charge is 0.208 e. The lowest BCUT2D eigenvalue weighted by atomic mass is 10.2. The molecule has 6 heteroatoms. The van der Waals surface area contributed by atoms with Crippen LogP contribution in [0.1, 0.15) is 25.7 Å². The van der Waals surface area contributed by atoms with Gasteiger partial charge in [-0.2, -0.15) is 0 Å². The summed E-state index contributed by atoms with van der Waals surface area (Å²) in [4.78, 5) is 4.97. The van der Waals surface area contributed by atoms with Gasteiger partial charge in [0.1, 0.15) is 10.8 Å². The molecule has 122 valence electrons. The maximum atomic E-state index is 13.0. The Hall–Kier alpha value is -1.53. The molecule has 1 aliphatic carbocycles. The molecule has 1 aliphatic heterocycles. The summed E-state index contributed by atoms with van der Waals surface area (Å²) in [5, 5.41) is 10.5. The molecule has 2 fully saturated rings. The van der Waals surface area contributed by atoms with Crippen LogP contribution in [0.5, 0.6) is 0 Å². The van der Waals surface area contributed by atoms with E-state index >= 15 is 0 Å². The van der Waals surface area contributed by atoms with Crippen molar-refractivity contribution in [1.29, 1.82) is 0 Å². The van der Waals surface area contributed by atoms with Gasteiger partial charge in [0, 0.05) is 37.8 Å². The highest BCUT2D eigenvalue weighted by atomic mass is 32.1. The molecule has 0 N–H and O–H groups in total. The van der Waals surface area contributed by atoms with Gasteiger partial charge in [-0.1, -0.05) is 24.2 Å². The predicted molar refractivity (Wildman–Crippen MR) is 91.3 cm³/mol.